The highest BCUT2D eigenvalue weighted by Crippen LogP contribution is 2.12. The van der Waals surface area contributed by atoms with E-state index in [0.717, 1.165) is 0 Å². The van der Waals surface area contributed by atoms with Crippen molar-refractivity contribution < 1.29 is 9.59 Å². The van der Waals surface area contributed by atoms with E-state index in [1.54, 1.807) is 43.4 Å². The van der Waals surface area contributed by atoms with Crippen LogP contribution in [0.2, 0.25) is 0 Å². The van der Waals surface area contributed by atoms with Crippen molar-refractivity contribution in [3.8, 4) is 0 Å². The van der Waals surface area contributed by atoms with Crippen LogP contribution in [0.1, 0.15) is 10.4 Å². The number of amides is 3. The molecule has 5 heteroatoms. The molecule has 0 aliphatic heterocycles. The molecule has 3 amide bonds. The van der Waals surface area contributed by atoms with Crippen LogP contribution in [0.3, 0.4) is 0 Å². The Morgan fingerprint density at radius 1 is 0.850 bits per heavy atom. The average Bonchev–Trinajstić information content (AvgIpc) is 2.47. The summed E-state index contributed by atoms with van der Waals surface area (Å²) in [7, 11) is 1.56. The molecule has 2 aromatic carbocycles. The van der Waals surface area contributed by atoms with Gasteiger partial charge in [0, 0.05) is 24.0 Å². The van der Waals surface area contributed by atoms with Gasteiger partial charge in [0.2, 0.25) is 0 Å². The Balaban J connectivity index is 2.03. The first-order valence-corrected chi connectivity index (χ1v) is 6.14. The molecule has 0 radical (unpaired) electrons. The number of hydrogen-bond acceptors (Lipinski definition) is 2. The first kappa shape index (κ1) is 13.6. The Bertz CT molecular complexity index is 612. The van der Waals surface area contributed by atoms with Crippen molar-refractivity contribution in [2.75, 3.05) is 17.7 Å². The fraction of sp³-hybridized carbons (Fsp3) is 0.0667. The van der Waals surface area contributed by atoms with Crippen LogP contribution in [-0.2, 0) is 0 Å². The molecule has 0 bridgehead atoms. The minimum absolute atomic E-state index is 0.197. The zero-order chi connectivity index (χ0) is 14.4. The lowest BCUT2D eigenvalue weighted by atomic mass is 10.2. The number of anilines is 2. The molecule has 0 aromatic heterocycles. The minimum Gasteiger partial charge on any atom is -0.355 e. The number of carbonyl (C=O) groups is 2. The van der Waals surface area contributed by atoms with Gasteiger partial charge in [0.25, 0.3) is 5.91 Å². The summed E-state index contributed by atoms with van der Waals surface area (Å²) in [6.07, 6.45) is 0. The third-order valence-electron chi connectivity index (χ3n) is 2.64. The monoisotopic (exact) mass is 269 g/mol. The maximum Gasteiger partial charge on any atom is 0.323 e. The average molecular weight is 269 g/mol. The van der Waals surface area contributed by atoms with Crippen LogP contribution in [-0.4, -0.2) is 19.0 Å². The molecule has 5 nitrogen and oxygen atoms in total. The molecule has 0 aliphatic rings. The summed E-state index contributed by atoms with van der Waals surface area (Å²) in [5, 5.41) is 7.92. The van der Waals surface area contributed by atoms with E-state index in [4.69, 9.17) is 0 Å². The molecule has 0 aliphatic carbocycles. The molecule has 0 spiro atoms. The Hall–Kier alpha value is -2.82. The second kappa shape index (κ2) is 6.38. The van der Waals surface area contributed by atoms with Crippen LogP contribution in [0.5, 0.6) is 0 Å². The molecule has 20 heavy (non-hydrogen) atoms. The first-order chi connectivity index (χ1) is 9.69. The molecular formula is C15H15N3O2. The first-order valence-electron chi connectivity index (χ1n) is 6.14. The van der Waals surface area contributed by atoms with Gasteiger partial charge in [0.15, 0.2) is 0 Å². The maximum atomic E-state index is 11.8. The molecule has 102 valence electrons. The van der Waals surface area contributed by atoms with E-state index in [1.807, 2.05) is 18.2 Å². The predicted octanol–water partition coefficient (Wildman–Crippen LogP) is 2.69. The van der Waals surface area contributed by atoms with E-state index in [1.165, 1.54) is 0 Å². The number of urea groups is 1. The highest BCUT2D eigenvalue weighted by atomic mass is 16.2. The van der Waals surface area contributed by atoms with Gasteiger partial charge >= 0.3 is 6.03 Å². The predicted molar refractivity (Wildman–Crippen MR) is 78.9 cm³/mol. The summed E-state index contributed by atoms with van der Waals surface area (Å²) >= 11 is 0. The molecule has 0 unspecified atom stereocenters. The van der Waals surface area contributed by atoms with Gasteiger partial charge in [0.05, 0.1) is 0 Å². The number of nitrogens with one attached hydrogen (secondary N) is 3. The highest BCUT2D eigenvalue weighted by molar-refractivity contribution is 6.01. The second-order valence-electron chi connectivity index (χ2n) is 4.11. The summed E-state index contributed by atoms with van der Waals surface area (Å²) in [4.78, 5) is 23.3. The molecule has 0 atom stereocenters. The Labute approximate surface area is 117 Å². The molecular weight excluding hydrogens is 254 g/mol. The third kappa shape index (κ3) is 3.58. The molecule has 2 rings (SSSR count). The highest BCUT2D eigenvalue weighted by Gasteiger charge is 2.06. The van der Waals surface area contributed by atoms with E-state index in [2.05, 4.69) is 16.0 Å². The van der Waals surface area contributed by atoms with Gasteiger partial charge in [-0.05, 0) is 30.3 Å². The number of benzene rings is 2. The SMILES string of the molecule is CNC(=O)c1cccc(NC(=O)Nc2ccccc2)c1. The van der Waals surface area contributed by atoms with Gasteiger partial charge in [-0.3, -0.25) is 4.79 Å². The Kier molecular flexibility index (Phi) is 4.34. The van der Waals surface area contributed by atoms with E-state index >= 15 is 0 Å². The van der Waals surface area contributed by atoms with Gasteiger partial charge in [0.1, 0.15) is 0 Å². The third-order valence-corrected chi connectivity index (χ3v) is 2.64. The summed E-state index contributed by atoms with van der Waals surface area (Å²) in [5.74, 6) is -0.197. The fourth-order valence-corrected chi connectivity index (χ4v) is 1.70. The van der Waals surface area contributed by atoms with Crippen LogP contribution in [0.4, 0.5) is 16.2 Å². The number of para-hydroxylation sites is 1. The van der Waals surface area contributed by atoms with E-state index < -0.39 is 0 Å². The molecule has 3 N–H and O–H groups in total. The van der Waals surface area contributed by atoms with Crippen molar-refractivity contribution in [3.05, 3.63) is 60.2 Å². The van der Waals surface area contributed by atoms with Crippen molar-refractivity contribution in [3.63, 3.8) is 0 Å². The Morgan fingerprint density at radius 3 is 2.20 bits per heavy atom. The molecule has 0 heterocycles. The van der Waals surface area contributed by atoms with E-state index in [-0.39, 0.29) is 11.9 Å². The van der Waals surface area contributed by atoms with Gasteiger partial charge in [-0.1, -0.05) is 24.3 Å². The second-order valence-corrected chi connectivity index (χ2v) is 4.11. The largest absolute Gasteiger partial charge is 0.355 e. The zero-order valence-electron chi connectivity index (χ0n) is 11.0. The molecule has 0 fully saturated rings. The zero-order valence-corrected chi connectivity index (χ0v) is 11.0. The van der Waals surface area contributed by atoms with Crippen LogP contribution < -0.4 is 16.0 Å². The summed E-state index contributed by atoms with van der Waals surface area (Å²) in [6.45, 7) is 0. The van der Waals surface area contributed by atoms with Crippen molar-refractivity contribution in [2.24, 2.45) is 0 Å². The minimum atomic E-state index is -0.356. The van der Waals surface area contributed by atoms with Crippen LogP contribution in [0.25, 0.3) is 0 Å². The van der Waals surface area contributed by atoms with Crippen molar-refractivity contribution in [2.45, 2.75) is 0 Å². The molecule has 2 aromatic rings. The van der Waals surface area contributed by atoms with E-state index in [0.29, 0.717) is 16.9 Å². The van der Waals surface area contributed by atoms with E-state index in [9.17, 15) is 9.59 Å². The molecule has 0 saturated carbocycles. The standard InChI is InChI=1S/C15H15N3O2/c1-16-14(19)11-6-5-9-13(10-11)18-15(20)17-12-7-3-2-4-8-12/h2-10H,1H3,(H,16,19)(H2,17,18,20). The lowest BCUT2D eigenvalue weighted by Gasteiger charge is -2.08. The van der Waals surface area contributed by atoms with Gasteiger partial charge in [-0.15, -0.1) is 0 Å². The summed E-state index contributed by atoms with van der Waals surface area (Å²) in [5.41, 5.74) is 1.75. The van der Waals surface area contributed by atoms with Crippen LogP contribution >= 0.6 is 0 Å². The van der Waals surface area contributed by atoms with Gasteiger partial charge in [-0.2, -0.15) is 0 Å². The summed E-state index contributed by atoms with van der Waals surface area (Å²) < 4.78 is 0. The lowest BCUT2D eigenvalue weighted by Crippen LogP contribution is -2.21. The van der Waals surface area contributed by atoms with Crippen molar-refractivity contribution >= 4 is 23.3 Å². The number of hydrogen-bond donors (Lipinski definition) is 3. The van der Waals surface area contributed by atoms with Gasteiger partial charge in [-0.25, -0.2) is 4.79 Å². The number of carbonyl (C=O) groups excluding carboxylic acids is 2. The fourth-order valence-electron chi connectivity index (χ4n) is 1.70. The lowest BCUT2D eigenvalue weighted by molar-refractivity contribution is 0.0963. The normalized spacial score (nSPS) is 9.65. The number of rotatable bonds is 3. The smallest absolute Gasteiger partial charge is 0.323 e. The van der Waals surface area contributed by atoms with Crippen molar-refractivity contribution in [1.82, 2.24) is 5.32 Å². The maximum absolute atomic E-state index is 11.8. The Morgan fingerprint density at radius 2 is 1.50 bits per heavy atom. The molecule has 0 saturated heterocycles. The summed E-state index contributed by atoms with van der Waals surface area (Å²) in [6, 6.07) is 15.5. The van der Waals surface area contributed by atoms with Crippen molar-refractivity contribution in [1.29, 1.82) is 0 Å². The quantitative estimate of drug-likeness (QED) is 0.801. The van der Waals surface area contributed by atoms with Crippen LogP contribution in [0.15, 0.2) is 54.6 Å². The van der Waals surface area contributed by atoms with Crippen LogP contribution in [0, 0.1) is 0 Å². The topological polar surface area (TPSA) is 70.2 Å². The van der Waals surface area contributed by atoms with Gasteiger partial charge < -0.3 is 16.0 Å².